The van der Waals surface area contributed by atoms with E-state index in [1.165, 1.54) is 0 Å². The number of ether oxygens (including phenoxy) is 1. The van der Waals surface area contributed by atoms with Crippen molar-refractivity contribution in [2.45, 2.75) is 49.6 Å². The number of nitrogens with one attached hydrogen (secondary N) is 1. The van der Waals surface area contributed by atoms with Gasteiger partial charge in [-0.15, -0.1) is 0 Å². The van der Waals surface area contributed by atoms with Gasteiger partial charge >= 0.3 is 12.2 Å². The van der Waals surface area contributed by atoms with Gasteiger partial charge in [0.15, 0.2) is 10.9 Å². The average Bonchev–Trinajstić information content (AvgIpc) is 3.76. The molecule has 0 saturated carbocycles. The Morgan fingerprint density at radius 2 is 2.02 bits per heavy atom. The summed E-state index contributed by atoms with van der Waals surface area (Å²) in [4.78, 5) is 16.6. The van der Waals surface area contributed by atoms with Gasteiger partial charge in [0.1, 0.15) is 29.9 Å². The lowest BCUT2D eigenvalue weighted by Crippen LogP contribution is -2.43. The molecule has 3 N–H and O–H groups in total. The van der Waals surface area contributed by atoms with Crippen LogP contribution in [0.3, 0.4) is 0 Å². The molecule has 0 unspecified atom stereocenters. The molecule has 0 amide bonds. The van der Waals surface area contributed by atoms with E-state index in [1.807, 2.05) is 4.90 Å². The first kappa shape index (κ1) is 29.3. The van der Waals surface area contributed by atoms with E-state index in [9.17, 15) is 22.0 Å². The third-order valence-corrected chi connectivity index (χ3v) is 10.0. The van der Waals surface area contributed by atoms with Crippen molar-refractivity contribution in [2.24, 2.45) is 0 Å². The first-order valence-corrected chi connectivity index (χ1v) is 15.2. The Kier molecular flexibility index (Phi) is 7.05. The maximum atomic E-state index is 16.7. The third kappa shape index (κ3) is 4.79. The van der Waals surface area contributed by atoms with Gasteiger partial charge in [0, 0.05) is 49.1 Å². The Morgan fingerprint density at radius 3 is 2.77 bits per heavy atom. The van der Waals surface area contributed by atoms with Gasteiger partial charge in [-0.05, 0) is 50.6 Å². The number of rotatable bonds is 6. The number of hydrogen-bond donors (Lipinski definition) is 2. The van der Waals surface area contributed by atoms with Gasteiger partial charge in [0.2, 0.25) is 0 Å². The van der Waals surface area contributed by atoms with Crippen LogP contribution < -0.4 is 20.7 Å². The average molecular weight is 638 g/mol. The van der Waals surface area contributed by atoms with Crippen LogP contribution in [0.15, 0.2) is 18.2 Å². The normalized spacial score (nSPS) is 24.1. The summed E-state index contributed by atoms with van der Waals surface area (Å²) in [5.41, 5.74) is 2.29. The number of benzene rings is 2. The van der Waals surface area contributed by atoms with Crippen LogP contribution in [0, 0.1) is 11.6 Å². The molecule has 4 aromatic rings. The SMILES string of the molecule is CN(c1nc(OC[C@@]23CCCN2C[C@H](F)C3)nc2c(F)c(-c3ccc(F)c4sc(N)nc34)c(C(F)(F)F)cc12)[C@H]1CCNC1. The number of hydrogen-bond acceptors (Lipinski definition) is 9. The number of nitrogens with two attached hydrogens (primary N) is 1. The predicted molar refractivity (Wildman–Crippen MR) is 156 cm³/mol. The predicted octanol–water partition coefficient (Wildman–Crippen LogP) is 5.54. The molecule has 3 atom stereocenters. The van der Waals surface area contributed by atoms with Crippen molar-refractivity contribution in [1.29, 1.82) is 0 Å². The standard InChI is InChI=1S/C29H29F6N7OS/c1-41(15-5-7-37-11-15)25-17-9-18(29(33,34)35)20(16-3-4-19(31)24-23(16)38-26(36)44-24)21(32)22(17)39-27(40-25)43-13-28-6-2-8-42(28)12-14(30)10-28/h3-4,9,14-15,37H,2,5-8,10-13H2,1H3,(H2,36,38)/t14-,15+,28+/m1/s1. The second-order valence-electron chi connectivity index (χ2n) is 11.8. The summed E-state index contributed by atoms with van der Waals surface area (Å²) in [6.07, 6.45) is -3.43. The quantitative estimate of drug-likeness (QED) is 0.267. The maximum Gasteiger partial charge on any atom is 0.417 e. The van der Waals surface area contributed by atoms with Crippen molar-refractivity contribution >= 4 is 43.4 Å². The van der Waals surface area contributed by atoms with Crippen LogP contribution in [0.25, 0.3) is 32.2 Å². The molecule has 3 saturated heterocycles. The smallest absolute Gasteiger partial charge is 0.417 e. The highest BCUT2D eigenvalue weighted by Crippen LogP contribution is 2.46. The van der Waals surface area contributed by atoms with E-state index in [0.29, 0.717) is 32.5 Å². The van der Waals surface area contributed by atoms with Gasteiger partial charge in [0.05, 0.1) is 21.3 Å². The fourth-order valence-electron chi connectivity index (χ4n) is 7.00. The van der Waals surface area contributed by atoms with Crippen LogP contribution in [-0.2, 0) is 6.18 Å². The summed E-state index contributed by atoms with van der Waals surface area (Å²) in [6, 6.07) is 2.51. The summed E-state index contributed by atoms with van der Waals surface area (Å²) in [7, 11) is 1.69. The van der Waals surface area contributed by atoms with Gasteiger partial charge in [-0.2, -0.15) is 23.1 Å². The third-order valence-electron chi connectivity index (χ3n) is 9.12. The minimum Gasteiger partial charge on any atom is -0.461 e. The van der Waals surface area contributed by atoms with Crippen LogP contribution >= 0.6 is 11.3 Å². The molecule has 8 nitrogen and oxygen atoms in total. The first-order chi connectivity index (χ1) is 20.9. The van der Waals surface area contributed by atoms with Gasteiger partial charge in [-0.1, -0.05) is 11.3 Å². The van der Waals surface area contributed by atoms with E-state index in [2.05, 4.69) is 20.3 Å². The lowest BCUT2D eigenvalue weighted by molar-refractivity contribution is -0.137. The van der Waals surface area contributed by atoms with Crippen LogP contribution in [-0.4, -0.2) is 77.4 Å². The van der Waals surface area contributed by atoms with E-state index >= 15 is 4.39 Å². The molecule has 0 spiro atoms. The molecule has 3 aliphatic heterocycles. The van der Waals surface area contributed by atoms with E-state index in [4.69, 9.17) is 10.5 Å². The topological polar surface area (TPSA) is 92.4 Å². The lowest BCUT2D eigenvalue weighted by atomic mass is 9.95. The van der Waals surface area contributed by atoms with Crippen molar-refractivity contribution < 1.29 is 31.1 Å². The molecule has 3 fully saturated rings. The fraction of sp³-hybridized carbons (Fsp3) is 0.483. The van der Waals surface area contributed by atoms with E-state index < -0.39 is 40.6 Å². The Balaban J connectivity index is 1.43. The number of fused-ring (bicyclic) bond motifs is 3. The zero-order valence-corrected chi connectivity index (χ0v) is 24.5. The summed E-state index contributed by atoms with van der Waals surface area (Å²) in [6.45, 7) is 2.35. The molecule has 7 rings (SSSR count). The largest absolute Gasteiger partial charge is 0.461 e. The molecular weight excluding hydrogens is 608 g/mol. The highest BCUT2D eigenvalue weighted by atomic mass is 32.1. The number of alkyl halides is 4. The highest BCUT2D eigenvalue weighted by molar-refractivity contribution is 7.22. The number of nitrogens with zero attached hydrogens (tertiary/aromatic N) is 5. The first-order valence-electron chi connectivity index (χ1n) is 14.4. The molecule has 2 aromatic heterocycles. The van der Waals surface area contributed by atoms with Crippen molar-refractivity contribution in [3.8, 4) is 17.1 Å². The minimum absolute atomic E-state index is 0.0544. The Morgan fingerprint density at radius 1 is 1.20 bits per heavy atom. The lowest BCUT2D eigenvalue weighted by Gasteiger charge is -2.31. The van der Waals surface area contributed by atoms with Gasteiger partial charge in [0.25, 0.3) is 0 Å². The molecule has 0 aliphatic carbocycles. The summed E-state index contributed by atoms with van der Waals surface area (Å²) in [5.74, 6) is -1.93. The number of likely N-dealkylation sites (N-methyl/N-ethyl adjacent to an activating group) is 1. The number of halogens is 6. The van der Waals surface area contributed by atoms with Crippen LogP contribution in [0.1, 0.15) is 31.2 Å². The monoisotopic (exact) mass is 637 g/mol. The molecular formula is C29H29F6N7OS. The number of anilines is 2. The minimum atomic E-state index is -5.00. The van der Waals surface area contributed by atoms with Crippen molar-refractivity contribution in [3.05, 3.63) is 35.4 Å². The Hall–Kier alpha value is -3.43. The second kappa shape index (κ2) is 10.6. The molecule has 0 bridgehead atoms. The fourth-order valence-corrected chi connectivity index (χ4v) is 7.76. The highest BCUT2D eigenvalue weighted by Gasteiger charge is 2.49. The second-order valence-corrected chi connectivity index (χ2v) is 12.8. The zero-order valence-electron chi connectivity index (χ0n) is 23.6. The Labute approximate surface area is 252 Å². The molecule has 0 radical (unpaired) electrons. The van der Waals surface area contributed by atoms with E-state index in [1.54, 1.807) is 11.9 Å². The summed E-state index contributed by atoms with van der Waals surface area (Å²) < 4.78 is 95.7. The summed E-state index contributed by atoms with van der Waals surface area (Å²) in [5, 5.41) is 3.00. The van der Waals surface area contributed by atoms with E-state index in [-0.39, 0.29) is 62.7 Å². The number of nitrogen functional groups attached to an aromatic ring is 1. The van der Waals surface area contributed by atoms with Crippen molar-refractivity contribution in [3.63, 3.8) is 0 Å². The molecule has 15 heteroatoms. The molecule has 3 aliphatic rings. The number of thiazole rings is 1. The van der Waals surface area contributed by atoms with Crippen LogP contribution in [0.4, 0.5) is 37.3 Å². The molecule has 44 heavy (non-hydrogen) atoms. The van der Waals surface area contributed by atoms with Crippen LogP contribution in [0.5, 0.6) is 6.01 Å². The summed E-state index contributed by atoms with van der Waals surface area (Å²) >= 11 is 0.758. The number of aromatic nitrogens is 3. The van der Waals surface area contributed by atoms with Gasteiger partial charge < -0.3 is 20.7 Å². The van der Waals surface area contributed by atoms with Gasteiger partial charge in [-0.3, -0.25) is 4.90 Å². The Bertz CT molecular complexity index is 1760. The molecule has 2 aromatic carbocycles. The van der Waals surface area contributed by atoms with Crippen LogP contribution in [0.2, 0.25) is 0 Å². The van der Waals surface area contributed by atoms with Crippen molar-refractivity contribution in [1.82, 2.24) is 25.2 Å². The van der Waals surface area contributed by atoms with Gasteiger partial charge in [-0.25, -0.2) is 18.2 Å². The van der Waals surface area contributed by atoms with E-state index in [0.717, 1.165) is 42.5 Å². The maximum absolute atomic E-state index is 16.7. The van der Waals surface area contributed by atoms with Crippen molar-refractivity contribution in [2.75, 3.05) is 50.5 Å². The molecule has 5 heterocycles. The molecule has 234 valence electrons. The zero-order chi connectivity index (χ0) is 31.0.